The number of furan rings is 1. The standard InChI is InChI=1S/C25H23FN6O3S/c1-31-21-10-9-16(14-19(21)28-23(31)22-8-4-13-35-22)20-15-36-25(34)32(30-20)12-5-11-27-24(33)29-18-7-3-2-6-17(18)26/h2-4,6-10,13-14H,5,11-12,15H2,1H3,(H2,27,29,33). The molecule has 184 valence electrons. The molecule has 2 N–H and O–H groups in total. The molecule has 4 aromatic rings. The molecule has 1 aliphatic heterocycles. The number of benzene rings is 2. The smallest absolute Gasteiger partial charge is 0.319 e. The number of aryl methyl sites for hydroxylation is 1. The maximum Gasteiger partial charge on any atom is 0.319 e. The summed E-state index contributed by atoms with van der Waals surface area (Å²) in [5, 5.41) is 11.0. The van der Waals surface area contributed by atoms with E-state index in [1.807, 2.05) is 41.9 Å². The Kier molecular flexibility index (Phi) is 6.72. The number of imidazole rings is 1. The largest absolute Gasteiger partial charge is 0.461 e. The van der Waals surface area contributed by atoms with Crippen LogP contribution >= 0.6 is 11.8 Å². The van der Waals surface area contributed by atoms with Crippen LogP contribution in [0.3, 0.4) is 0 Å². The van der Waals surface area contributed by atoms with Crippen molar-refractivity contribution in [1.29, 1.82) is 0 Å². The first-order valence-electron chi connectivity index (χ1n) is 11.3. The van der Waals surface area contributed by atoms with Gasteiger partial charge in [-0.2, -0.15) is 5.10 Å². The van der Waals surface area contributed by atoms with E-state index in [9.17, 15) is 14.0 Å². The third kappa shape index (κ3) is 4.96. The van der Waals surface area contributed by atoms with Gasteiger partial charge in [-0.05, 0) is 42.8 Å². The number of anilines is 1. The number of nitrogens with zero attached hydrogens (tertiary/aromatic N) is 4. The molecule has 0 aliphatic carbocycles. The lowest BCUT2D eigenvalue weighted by Gasteiger charge is -2.23. The number of carbonyl (C=O) groups is 2. The number of rotatable bonds is 7. The van der Waals surface area contributed by atoms with Crippen LogP contribution in [-0.4, -0.2) is 50.4 Å². The van der Waals surface area contributed by atoms with Gasteiger partial charge in [0, 0.05) is 31.5 Å². The maximum atomic E-state index is 13.7. The summed E-state index contributed by atoms with van der Waals surface area (Å²) in [7, 11) is 1.94. The van der Waals surface area contributed by atoms with Crippen molar-refractivity contribution in [3.05, 3.63) is 72.2 Å². The molecule has 0 fully saturated rings. The van der Waals surface area contributed by atoms with Gasteiger partial charge in [-0.25, -0.2) is 19.2 Å². The van der Waals surface area contributed by atoms with E-state index < -0.39 is 11.8 Å². The van der Waals surface area contributed by atoms with E-state index in [2.05, 4.69) is 15.7 Å². The van der Waals surface area contributed by atoms with Crippen molar-refractivity contribution in [1.82, 2.24) is 19.9 Å². The van der Waals surface area contributed by atoms with Crippen molar-refractivity contribution < 1.29 is 18.4 Å². The molecule has 0 atom stereocenters. The molecule has 0 saturated heterocycles. The third-order valence-corrected chi connectivity index (χ3v) is 6.57. The van der Waals surface area contributed by atoms with E-state index in [-0.39, 0.29) is 10.9 Å². The zero-order valence-corrected chi connectivity index (χ0v) is 20.2. The van der Waals surface area contributed by atoms with Gasteiger partial charge in [0.05, 0.1) is 28.7 Å². The molecule has 2 aromatic heterocycles. The van der Waals surface area contributed by atoms with E-state index in [4.69, 9.17) is 9.40 Å². The maximum absolute atomic E-state index is 13.7. The highest BCUT2D eigenvalue weighted by atomic mass is 32.2. The molecular formula is C25H23FN6O3S. The first-order chi connectivity index (χ1) is 17.5. The predicted octanol–water partition coefficient (Wildman–Crippen LogP) is 5.06. The quantitative estimate of drug-likeness (QED) is 0.341. The Morgan fingerprint density at radius 1 is 1.19 bits per heavy atom. The summed E-state index contributed by atoms with van der Waals surface area (Å²) in [5.74, 6) is 1.37. The number of para-hydroxylation sites is 1. The second-order valence-electron chi connectivity index (χ2n) is 8.11. The van der Waals surface area contributed by atoms with Crippen LogP contribution in [0.4, 0.5) is 19.7 Å². The second-order valence-corrected chi connectivity index (χ2v) is 9.04. The Labute approximate surface area is 210 Å². The molecule has 9 nitrogen and oxygen atoms in total. The number of urea groups is 1. The molecule has 36 heavy (non-hydrogen) atoms. The Hall–Kier alpha value is -4.12. The zero-order chi connectivity index (χ0) is 25.1. The van der Waals surface area contributed by atoms with Crippen LogP contribution in [-0.2, 0) is 7.05 Å². The van der Waals surface area contributed by atoms with Crippen LogP contribution < -0.4 is 10.6 Å². The van der Waals surface area contributed by atoms with Crippen LogP contribution in [0.5, 0.6) is 0 Å². The topological polar surface area (TPSA) is 105 Å². The molecule has 0 unspecified atom stereocenters. The third-order valence-electron chi connectivity index (χ3n) is 5.69. The summed E-state index contributed by atoms with van der Waals surface area (Å²) in [5.41, 5.74) is 3.54. The van der Waals surface area contributed by atoms with Crippen molar-refractivity contribution in [2.75, 3.05) is 24.2 Å². The molecule has 0 spiro atoms. The van der Waals surface area contributed by atoms with E-state index in [0.29, 0.717) is 31.0 Å². The highest BCUT2D eigenvalue weighted by molar-refractivity contribution is 8.14. The van der Waals surface area contributed by atoms with E-state index in [1.54, 1.807) is 18.4 Å². The molecule has 5 rings (SSSR count). The van der Waals surface area contributed by atoms with E-state index >= 15 is 0 Å². The molecular weight excluding hydrogens is 483 g/mol. The van der Waals surface area contributed by atoms with Gasteiger partial charge in [-0.15, -0.1) is 0 Å². The SMILES string of the molecule is Cn1c(-c2ccco2)nc2cc(C3=NN(CCCNC(=O)Nc4ccccc4F)C(=O)SC3)ccc21. The molecule has 0 bridgehead atoms. The number of hydrogen-bond donors (Lipinski definition) is 2. The molecule has 1 aliphatic rings. The first kappa shape index (κ1) is 23.6. The minimum atomic E-state index is -0.513. The lowest BCUT2D eigenvalue weighted by atomic mass is 10.1. The van der Waals surface area contributed by atoms with Gasteiger partial charge in [0.2, 0.25) is 0 Å². The van der Waals surface area contributed by atoms with Gasteiger partial charge in [0.25, 0.3) is 0 Å². The van der Waals surface area contributed by atoms with Crippen LogP contribution in [0.25, 0.3) is 22.6 Å². The molecule has 0 saturated carbocycles. The summed E-state index contributed by atoms with van der Waals surface area (Å²) < 4.78 is 21.1. The molecule has 2 aromatic carbocycles. The lowest BCUT2D eigenvalue weighted by molar-refractivity contribution is 0.224. The summed E-state index contributed by atoms with van der Waals surface area (Å²) >= 11 is 1.18. The monoisotopic (exact) mass is 506 g/mol. The fourth-order valence-electron chi connectivity index (χ4n) is 3.87. The summed E-state index contributed by atoms with van der Waals surface area (Å²) in [4.78, 5) is 29.1. The van der Waals surface area contributed by atoms with Gasteiger partial charge in [0.15, 0.2) is 11.6 Å². The van der Waals surface area contributed by atoms with Crippen LogP contribution in [0.1, 0.15) is 12.0 Å². The molecule has 11 heteroatoms. The second kappa shape index (κ2) is 10.2. The van der Waals surface area contributed by atoms with E-state index in [0.717, 1.165) is 28.1 Å². The molecule has 0 radical (unpaired) electrons. The molecule has 3 amide bonds. The predicted molar refractivity (Wildman–Crippen MR) is 138 cm³/mol. The number of thioether (sulfide) groups is 1. The Balaban J connectivity index is 1.22. The van der Waals surface area contributed by atoms with Crippen molar-refractivity contribution in [3.63, 3.8) is 0 Å². The minimum Gasteiger partial charge on any atom is -0.461 e. The number of fused-ring (bicyclic) bond motifs is 1. The number of halogens is 1. The van der Waals surface area contributed by atoms with Gasteiger partial charge in [-0.1, -0.05) is 30.0 Å². The van der Waals surface area contributed by atoms with Crippen LogP contribution in [0, 0.1) is 5.82 Å². The summed E-state index contributed by atoms with van der Waals surface area (Å²) in [6.07, 6.45) is 2.10. The Bertz CT molecular complexity index is 1450. The fourth-order valence-corrected chi connectivity index (χ4v) is 4.63. The number of carbonyl (C=O) groups excluding carboxylic acids is 2. The highest BCUT2D eigenvalue weighted by Crippen LogP contribution is 2.26. The van der Waals surface area contributed by atoms with Crippen LogP contribution in [0.2, 0.25) is 0 Å². The zero-order valence-electron chi connectivity index (χ0n) is 19.4. The van der Waals surface area contributed by atoms with Gasteiger partial charge >= 0.3 is 11.3 Å². The summed E-state index contributed by atoms with van der Waals surface area (Å²) in [6, 6.07) is 15.0. The average Bonchev–Trinajstić information content (AvgIpc) is 3.52. The van der Waals surface area contributed by atoms with Crippen molar-refractivity contribution in [2.24, 2.45) is 12.1 Å². The normalized spacial score (nSPS) is 13.7. The van der Waals surface area contributed by atoms with Gasteiger partial charge in [0.1, 0.15) is 5.82 Å². The lowest BCUT2D eigenvalue weighted by Crippen LogP contribution is -2.34. The number of amides is 3. The number of aromatic nitrogens is 2. The highest BCUT2D eigenvalue weighted by Gasteiger charge is 2.23. The van der Waals surface area contributed by atoms with Crippen molar-refractivity contribution in [3.8, 4) is 11.6 Å². The summed E-state index contributed by atoms with van der Waals surface area (Å²) in [6.45, 7) is 0.638. The Morgan fingerprint density at radius 2 is 2.06 bits per heavy atom. The number of nitrogens with one attached hydrogen (secondary N) is 2. The number of hydrazone groups is 1. The van der Waals surface area contributed by atoms with Crippen molar-refractivity contribution >= 4 is 45.5 Å². The first-order valence-corrected chi connectivity index (χ1v) is 12.3. The van der Waals surface area contributed by atoms with Crippen molar-refractivity contribution in [2.45, 2.75) is 6.42 Å². The van der Waals surface area contributed by atoms with Crippen LogP contribution in [0.15, 0.2) is 70.4 Å². The average molecular weight is 507 g/mol. The number of hydrogen-bond acceptors (Lipinski definition) is 6. The minimum absolute atomic E-state index is 0.105. The van der Waals surface area contributed by atoms with Gasteiger partial charge < -0.3 is 19.6 Å². The molecule has 3 heterocycles. The Morgan fingerprint density at radius 3 is 2.86 bits per heavy atom. The fraction of sp³-hybridized carbons (Fsp3) is 0.200. The van der Waals surface area contributed by atoms with Gasteiger partial charge in [-0.3, -0.25) is 4.79 Å². The van der Waals surface area contributed by atoms with E-state index in [1.165, 1.54) is 28.9 Å².